The minimum atomic E-state index is -0.00597. The second-order valence-electron chi connectivity index (χ2n) is 4.79. The van der Waals surface area contributed by atoms with Gasteiger partial charge in [-0.3, -0.25) is 4.79 Å². The minimum absolute atomic E-state index is 0.00597. The summed E-state index contributed by atoms with van der Waals surface area (Å²) in [4.78, 5) is 11.9. The predicted octanol–water partition coefficient (Wildman–Crippen LogP) is 2.55. The van der Waals surface area contributed by atoms with Crippen LogP contribution < -0.4 is 5.32 Å². The molecule has 1 unspecified atom stereocenters. The summed E-state index contributed by atoms with van der Waals surface area (Å²) < 4.78 is 5.48. The Morgan fingerprint density at radius 3 is 2.78 bits per heavy atom. The highest BCUT2D eigenvalue weighted by Gasteiger charge is 2.16. The van der Waals surface area contributed by atoms with Crippen LogP contribution in [-0.4, -0.2) is 25.2 Å². The number of carbonyl (C=O) groups is 1. The van der Waals surface area contributed by atoms with E-state index in [4.69, 9.17) is 4.74 Å². The van der Waals surface area contributed by atoms with Gasteiger partial charge in [-0.25, -0.2) is 0 Å². The van der Waals surface area contributed by atoms with Gasteiger partial charge in [-0.1, -0.05) is 25.5 Å². The molecule has 0 aliphatic carbocycles. The Morgan fingerprint density at radius 1 is 1.39 bits per heavy atom. The molecule has 1 N–H and O–H groups in total. The van der Waals surface area contributed by atoms with Crippen LogP contribution in [0.4, 0.5) is 0 Å². The van der Waals surface area contributed by atoms with Crippen LogP contribution in [-0.2, 0) is 11.2 Å². The third-order valence-corrected chi connectivity index (χ3v) is 3.27. The van der Waals surface area contributed by atoms with Crippen molar-refractivity contribution in [3.05, 3.63) is 35.4 Å². The summed E-state index contributed by atoms with van der Waals surface area (Å²) >= 11 is 0. The molecule has 0 bridgehead atoms. The van der Waals surface area contributed by atoms with Gasteiger partial charge in [-0.2, -0.15) is 0 Å². The Labute approximate surface area is 109 Å². The zero-order chi connectivity index (χ0) is 12.8. The van der Waals surface area contributed by atoms with Crippen molar-refractivity contribution in [1.29, 1.82) is 0 Å². The van der Waals surface area contributed by atoms with E-state index in [2.05, 4.69) is 12.2 Å². The molecule has 98 valence electrons. The Balaban J connectivity index is 1.83. The molecule has 1 aliphatic heterocycles. The molecule has 2 rings (SSSR count). The third kappa shape index (κ3) is 3.57. The lowest BCUT2D eigenvalue weighted by Crippen LogP contribution is -2.31. The lowest BCUT2D eigenvalue weighted by molar-refractivity contribution is 0.0858. The Bertz CT molecular complexity index is 380. The molecule has 1 amide bonds. The number of benzene rings is 1. The number of carbonyl (C=O) groups excluding carboxylic acids is 1. The highest BCUT2D eigenvalue weighted by Crippen LogP contribution is 2.11. The molecule has 1 aromatic carbocycles. The first-order valence-electron chi connectivity index (χ1n) is 6.78. The lowest BCUT2D eigenvalue weighted by atomic mass is 10.1. The third-order valence-electron chi connectivity index (χ3n) is 3.27. The van der Waals surface area contributed by atoms with E-state index in [1.165, 1.54) is 5.56 Å². The first kappa shape index (κ1) is 13.1. The van der Waals surface area contributed by atoms with Crippen LogP contribution in [0, 0.1) is 0 Å². The van der Waals surface area contributed by atoms with Gasteiger partial charge < -0.3 is 10.1 Å². The van der Waals surface area contributed by atoms with Crippen LogP contribution in [0.5, 0.6) is 0 Å². The van der Waals surface area contributed by atoms with Crippen molar-refractivity contribution >= 4 is 5.91 Å². The summed E-state index contributed by atoms with van der Waals surface area (Å²) in [6.45, 7) is 3.60. The van der Waals surface area contributed by atoms with Crippen LogP contribution in [0.15, 0.2) is 24.3 Å². The quantitative estimate of drug-likeness (QED) is 0.868. The average molecular weight is 247 g/mol. The van der Waals surface area contributed by atoms with E-state index in [9.17, 15) is 4.79 Å². The summed E-state index contributed by atoms with van der Waals surface area (Å²) in [7, 11) is 0. The van der Waals surface area contributed by atoms with E-state index in [0.717, 1.165) is 37.9 Å². The summed E-state index contributed by atoms with van der Waals surface area (Å²) in [5.41, 5.74) is 2.01. The number of ether oxygens (including phenoxy) is 1. The predicted molar refractivity (Wildman–Crippen MR) is 71.7 cm³/mol. The number of hydrogen-bond acceptors (Lipinski definition) is 2. The highest BCUT2D eigenvalue weighted by molar-refractivity contribution is 5.94. The second kappa shape index (κ2) is 6.55. The molecule has 18 heavy (non-hydrogen) atoms. The average Bonchev–Trinajstić information content (AvgIpc) is 2.90. The van der Waals surface area contributed by atoms with Gasteiger partial charge in [-0.15, -0.1) is 0 Å². The summed E-state index contributed by atoms with van der Waals surface area (Å²) in [5, 5.41) is 2.93. The fraction of sp³-hybridized carbons (Fsp3) is 0.533. The number of aryl methyl sites for hydroxylation is 1. The molecule has 0 aromatic heterocycles. The molecule has 1 heterocycles. The molecule has 0 radical (unpaired) electrons. The minimum Gasteiger partial charge on any atom is -0.376 e. The standard InChI is InChI=1S/C15H21NO2/c1-2-4-12-6-8-13(9-7-12)15(17)16-11-14-5-3-10-18-14/h6-9,14H,2-5,10-11H2,1H3,(H,16,17). The van der Waals surface area contributed by atoms with Crippen molar-refractivity contribution in [2.75, 3.05) is 13.2 Å². The van der Waals surface area contributed by atoms with E-state index in [-0.39, 0.29) is 12.0 Å². The molecule has 3 nitrogen and oxygen atoms in total. The van der Waals surface area contributed by atoms with E-state index >= 15 is 0 Å². The van der Waals surface area contributed by atoms with Gasteiger partial charge >= 0.3 is 0 Å². The topological polar surface area (TPSA) is 38.3 Å². The second-order valence-corrected chi connectivity index (χ2v) is 4.79. The van der Waals surface area contributed by atoms with Gasteiger partial charge in [0, 0.05) is 18.7 Å². The smallest absolute Gasteiger partial charge is 0.251 e. The van der Waals surface area contributed by atoms with Crippen molar-refractivity contribution in [2.45, 2.75) is 38.7 Å². The van der Waals surface area contributed by atoms with E-state index in [1.807, 2.05) is 24.3 Å². The van der Waals surface area contributed by atoms with Crippen LogP contribution in [0.1, 0.15) is 42.1 Å². The summed E-state index contributed by atoms with van der Waals surface area (Å²) in [6.07, 6.45) is 4.55. The van der Waals surface area contributed by atoms with Crippen molar-refractivity contribution < 1.29 is 9.53 Å². The summed E-state index contributed by atoms with van der Waals surface area (Å²) in [6, 6.07) is 7.86. The molecule has 1 aliphatic rings. The van der Waals surface area contributed by atoms with E-state index in [0.29, 0.717) is 6.54 Å². The Hall–Kier alpha value is -1.35. The van der Waals surface area contributed by atoms with Crippen molar-refractivity contribution in [3.63, 3.8) is 0 Å². The molecule has 3 heteroatoms. The van der Waals surface area contributed by atoms with Crippen LogP contribution in [0.2, 0.25) is 0 Å². The Morgan fingerprint density at radius 2 is 2.17 bits per heavy atom. The van der Waals surface area contributed by atoms with Crippen LogP contribution >= 0.6 is 0 Å². The SMILES string of the molecule is CCCc1ccc(C(=O)NCC2CCCO2)cc1. The number of amides is 1. The fourth-order valence-electron chi connectivity index (χ4n) is 2.23. The van der Waals surface area contributed by atoms with Crippen molar-refractivity contribution in [3.8, 4) is 0 Å². The zero-order valence-electron chi connectivity index (χ0n) is 10.9. The van der Waals surface area contributed by atoms with Crippen molar-refractivity contribution in [2.24, 2.45) is 0 Å². The molecule has 0 saturated carbocycles. The molecule has 1 fully saturated rings. The van der Waals surface area contributed by atoms with Gasteiger partial charge in [-0.05, 0) is 37.0 Å². The lowest BCUT2D eigenvalue weighted by Gasteiger charge is -2.11. The maximum Gasteiger partial charge on any atom is 0.251 e. The molecule has 0 spiro atoms. The molecule has 1 aromatic rings. The summed E-state index contributed by atoms with van der Waals surface area (Å²) in [5.74, 6) is -0.00597. The van der Waals surface area contributed by atoms with Gasteiger partial charge in [0.1, 0.15) is 0 Å². The van der Waals surface area contributed by atoms with Gasteiger partial charge in [0.2, 0.25) is 0 Å². The van der Waals surface area contributed by atoms with Crippen molar-refractivity contribution in [1.82, 2.24) is 5.32 Å². The van der Waals surface area contributed by atoms with E-state index in [1.54, 1.807) is 0 Å². The fourth-order valence-corrected chi connectivity index (χ4v) is 2.23. The monoisotopic (exact) mass is 247 g/mol. The van der Waals surface area contributed by atoms with Gasteiger partial charge in [0.15, 0.2) is 0 Å². The van der Waals surface area contributed by atoms with Crippen LogP contribution in [0.25, 0.3) is 0 Å². The molecular weight excluding hydrogens is 226 g/mol. The maximum atomic E-state index is 11.9. The maximum absolute atomic E-state index is 11.9. The number of hydrogen-bond donors (Lipinski definition) is 1. The number of nitrogens with one attached hydrogen (secondary N) is 1. The Kier molecular flexibility index (Phi) is 4.76. The van der Waals surface area contributed by atoms with E-state index < -0.39 is 0 Å². The first-order chi connectivity index (χ1) is 8.79. The first-order valence-corrected chi connectivity index (χ1v) is 6.78. The number of rotatable bonds is 5. The normalized spacial score (nSPS) is 18.8. The van der Waals surface area contributed by atoms with Gasteiger partial charge in [0.05, 0.1) is 6.10 Å². The molecular formula is C15H21NO2. The van der Waals surface area contributed by atoms with Gasteiger partial charge in [0.25, 0.3) is 5.91 Å². The molecule has 1 atom stereocenters. The zero-order valence-corrected chi connectivity index (χ0v) is 10.9. The molecule has 1 saturated heterocycles. The highest BCUT2D eigenvalue weighted by atomic mass is 16.5. The van der Waals surface area contributed by atoms with Crippen LogP contribution in [0.3, 0.4) is 0 Å². The largest absolute Gasteiger partial charge is 0.376 e.